The maximum Gasteiger partial charge on any atom is 0.220 e. The van der Waals surface area contributed by atoms with Gasteiger partial charge in [-0.1, -0.05) is 13.8 Å². The maximum absolute atomic E-state index is 11.2. The highest BCUT2D eigenvalue weighted by molar-refractivity contribution is 5.77. The fourth-order valence-corrected chi connectivity index (χ4v) is 2.49. The standard InChI is InChI=1S/C15H20N4O/c1-10(2)13-4-3-12(9-16)15(18-13)19-7-5-11(6-8-19)14(17)20/h3-4,10-11H,5-8H2,1-2H3,(H2,17,20). The average Bonchev–Trinajstić information content (AvgIpc) is 2.46. The average molecular weight is 272 g/mol. The molecule has 2 heterocycles. The molecular weight excluding hydrogens is 252 g/mol. The molecule has 0 spiro atoms. The van der Waals surface area contributed by atoms with Crippen molar-refractivity contribution < 1.29 is 4.79 Å². The molecule has 1 fully saturated rings. The van der Waals surface area contributed by atoms with Crippen LogP contribution in [0.1, 0.15) is 43.9 Å². The molecule has 5 heteroatoms. The molecule has 0 atom stereocenters. The molecule has 0 bridgehead atoms. The van der Waals surface area contributed by atoms with Gasteiger partial charge in [0.15, 0.2) is 0 Å². The molecule has 0 radical (unpaired) electrons. The first kappa shape index (κ1) is 14.3. The van der Waals surface area contributed by atoms with Crippen LogP contribution in [0.5, 0.6) is 0 Å². The van der Waals surface area contributed by atoms with Crippen LogP contribution >= 0.6 is 0 Å². The molecule has 1 aliphatic heterocycles. The fraction of sp³-hybridized carbons (Fsp3) is 0.533. The summed E-state index contributed by atoms with van der Waals surface area (Å²) in [6, 6.07) is 5.93. The van der Waals surface area contributed by atoms with Crippen molar-refractivity contribution >= 4 is 11.7 Å². The quantitative estimate of drug-likeness (QED) is 0.909. The third-order valence-corrected chi connectivity index (χ3v) is 3.81. The number of carbonyl (C=O) groups excluding carboxylic acids is 1. The minimum atomic E-state index is -0.228. The molecule has 106 valence electrons. The highest BCUT2D eigenvalue weighted by Gasteiger charge is 2.25. The normalized spacial score (nSPS) is 16.2. The van der Waals surface area contributed by atoms with Gasteiger partial charge in [-0.2, -0.15) is 5.26 Å². The lowest BCUT2D eigenvalue weighted by Crippen LogP contribution is -2.39. The predicted molar refractivity (Wildman–Crippen MR) is 77.2 cm³/mol. The van der Waals surface area contributed by atoms with Crippen molar-refractivity contribution in [2.24, 2.45) is 11.7 Å². The molecule has 1 aromatic heterocycles. The van der Waals surface area contributed by atoms with Crippen molar-refractivity contribution in [3.63, 3.8) is 0 Å². The summed E-state index contributed by atoms with van der Waals surface area (Å²) in [5.41, 5.74) is 6.92. The Hall–Kier alpha value is -2.09. The molecule has 2 N–H and O–H groups in total. The Morgan fingerprint density at radius 2 is 2.10 bits per heavy atom. The van der Waals surface area contributed by atoms with E-state index in [4.69, 9.17) is 5.73 Å². The van der Waals surface area contributed by atoms with Crippen LogP contribution in [-0.4, -0.2) is 24.0 Å². The van der Waals surface area contributed by atoms with Gasteiger partial charge in [-0.15, -0.1) is 0 Å². The smallest absolute Gasteiger partial charge is 0.220 e. The topological polar surface area (TPSA) is 83.0 Å². The molecule has 1 aliphatic rings. The number of amides is 1. The van der Waals surface area contributed by atoms with Gasteiger partial charge < -0.3 is 10.6 Å². The molecule has 0 aromatic carbocycles. The van der Waals surface area contributed by atoms with Crippen LogP contribution < -0.4 is 10.6 Å². The van der Waals surface area contributed by atoms with Gasteiger partial charge in [0.25, 0.3) is 0 Å². The first-order chi connectivity index (χ1) is 9.52. The van der Waals surface area contributed by atoms with Gasteiger partial charge in [-0.3, -0.25) is 4.79 Å². The highest BCUT2D eigenvalue weighted by Crippen LogP contribution is 2.26. The Balaban J connectivity index is 2.22. The van der Waals surface area contributed by atoms with E-state index in [2.05, 4.69) is 29.8 Å². The summed E-state index contributed by atoms with van der Waals surface area (Å²) in [4.78, 5) is 17.9. The van der Waals surface area contributed by atoms with E-state index in [1.54, 1.807) is 0 Å². The molecule has 1 saturated heterocycles. The summed E-state index contributed by atoms with van der Waals surface area (Å²) in [5.74, 6) is 0.783. The van der Waals surface area contributed by atoms with Gasteiger partial charge in [-0.25, -0.2) is 4.98 Å². The van der Waals surface area contributed by atoms with Gasteiger partial charge in [0.2, 0.25) is 5.91 Å². The maximum atomic E-state index is 11.2. The molecule has 0 aliphatic carbocycles. The van der Waals surface area contributed by atoms with Gasteiger partial charge >= 0.3 is 0 Å². The second-order valence-electron chi connectivity index (χ2n) is 5.54. The summed E-state index contributed by atoms with van der Waals surface area (Å²) in [5, 5.41) is 9.23. The first-order valence-electron chi connectivity index (χ1n) is 6.98. The van der Waals surface area contributed by atoms with Crippen LogP contribution in [0.15, 0.2) is 12.1 Å². The lowest BCUT2D eigenvalue weighted by molar-refractivity contribution is -0.122. The number of nitrogens with zero attached hydrogens (tertiary/aromatic N) is 3. The molecule has 0 unspecified atom stereocenters. The zero-order valence-electron chi connectivity index (χ0n) is 12.0. The summed E-state index contributed by atoms with van der Waals surface area (Å²) in [6.07, 6.45) is 1.46. The summed E-state index contributed by atoms with van der Waals surface area (Å²) >= 11 is 0. The summed E-state index contributed by atoms with van der Waals surface area (Å²) in [7, 11) is 0. The number of nitriles is 1. The van der Waals surface area contributed by atoms with Crippen LogP contribution in [0.25, 0.3) is 0 Å². The van der Waals surface area contributed by atoms with Gasteiger partial charge in [0.1, 0.15) is 11.9 Å². The van der Waals surface area contributed by atoms with E-state index in [1.165, 1.54) is 0 Å². The Morgan fingerprint density at radius 1 is 1.45 bits per heavy atom. The van der Waals surface area contributed by atoms with Gasteiger partial charge in [0.05, 0.1) is 5.56 Å². The van der Waals surface area contributed by atoms with Crippen molar-refractivity contribution in [2.75, 3.05) is 18.0 Å². The molecule has 0 saturated carbocycles. The van der Waals surface area contributed by atoms with Crippen LogP contribution in [0, 0.1) is 17.2 Å². The Labute approximate surface area is 119 Å². The van der Waals surface area contributed by atoms with E-state index in [0.717, 1.165) is 37.4 Å². The second-order valence-corrected chi connectivity index (χ2v) is 5.54. The minimum absolute atomic E-state index is 0.0509. The van der Waals surface area contributed by atoms with Crippen molar-refractivity contribution in [1.29, 1.82) is 5.26 Å². The van der Waals surface area contributed by atoms with Crippen LogP contribution in [0.3, 0.4) is 0 Å². The van der Waals surface area contributed by atoms with Crippen molar-refractivity contribution in [1.82, 2.24) is 4.98 Å². The molecular formula is C15H20N4O. The number of pyridine rings is 1. The number of carbonyl (C=O) groups is 1. The largest absolute Gasteiger partial charge is 0.369 e. The Kier molecular flexibility index (Phi) is 4.23. The van der Waals surface area contributed by atoms with E-state index in [9.17, 15) is 10.1 Å². The SMILES string of the molecule is CC(C)c1ccc(C#N)c(N2CCC(C(N)=O)CC2)n1. The number of primary amides is 1. The Morgan fingerprint density at radius 3 is 2.60 bits per heavy atom. The van der Waals surface area contributed by atoms with E-state index in [1.807, 2.05) is 12.1 Å². The minimum Gasteiger partial charge on any atom is -0.369 e. The number of hydrogen-bond donors (Lipinski definition) is 1. The van der Waals surface area contributed by atoms with Crippen molar-refractivity contribution in [3.05, 3.63) is 23.4 Å². The fourth-order valence-electron chi connectivity index (χ4n) is 2.49. The van der Waals surface area contributed by atoms with Crippen molar-refractivity contribution in [2.45, 2.75) is 32.6 Å². The van der Waals surface area contributed by atoms with Crippen LogP contribution in [0.4, 0.5) is 5.82 Å². The van der Waals surface area contributed by atoms with E-state index in [0.29, 0.717) is 11.5 Å². The van der Waals surface area contributed by atoms with Gasteiger partial charge in [0, 0.05) is 24.7 Å². The molecule has 1 aromatic rings. The second kappa shape index (κ2) is 5.91. The lowest BCUT2D eigenvalue weighted by Gasteiger charge is -2.32. The molecule has 2 rings (SSSR count). The van der Waals surface area contributed by atoms with E-state index < -0.39 is 0 Å². The summed E-state index contributed by atoms with van der Waals surface area (Å²) < 4.78 is 0. The zero-order chi connectivity index (χ0) is 14.7. The summed E-state index contributed by atoms with van der Waals surface area (Å²) in [6.45, 7) is 5.60. The van der Waals surface area contributed by atoms with Gasteiger partial charge in [-0.05, 0) is 30.9 Å². The van der Waals surface area contributed by atoms with Crippen molar-refractivity contribution in [3.8, 4) is 6.07 Å². The first-order valence-corrected chi connectivity index (χ1v) is 6.98. The number of aromatic nitrogens is 1. The Bertz CT molecular complexity index is 539. The number of anilines is 1. The lowest BCUT2D eigenvalue weighted by atomic mass is 9.96. The monoisotopic (exact) mass is 272 g/mol. The molecule has 1 amide bonds. The number of rotatable bonds is 3. The van der Waals surface area contributed by atoms with Crippen LogP contribution in [-0.2, 0) is 4.79 Å². The highest BCUT2D eigenvalue weighted by atomic mass is 16.1. The molecule has 20 heavy (non-hydrogen) atoms. The predicted octanol–water partition coefficient (Wildman–Crippen LogP) is 1.78. The van der Waals surface area contributed by atoms with E-state index in [-0.39, 0.29) is 11.8 Å². The molecule has 5 nitrogen and oxygen atoms in total. The number of piperidine rings is 1. The zero-order valence-corrected chi connectivity index (χ0v) is 12.0. The van der Waals surface area contributed by atoms with Crippen LogP contribution in [0.2, 0.25) is 0 Å². The van der Waals surface area contributed by atoms with E-state index >= 15 is 0 Å². The number of nitrogens with two attached hydrogens (primary N) is 1. The third-order valence-electron chi connectivity index (χ3n) is 3.81. The third kappa shape index (κ3) is 2.90. The number of hydrogen-bond acceptors (Lipinski definition) is 4.